The average Bonchev–Trinajstić information content (AvgIpc) is 3.16. The lowest BCUT2D eigenvalue weighted by Gasteiger charge is -2.24. The third-order valence-electron chi connectivity index (χ3n) is 4.97. The van der Waals surface area contributed by atoms with Crippen LogP contribution in [0, 0.1) is 5.82 Å². The second kappa shape index (κ2) is 8.12. The third-order valence-corrected chi connectivity index (χ3v) is 5.22. The van der Waals surface area contributed by atoms with Crippen LogP contribution in [0.2, 0.25) is 5.02 Å². The van der Waals surface area contributed by atoms with Crippen molar-refractivity contribution < 1.29 is 9.18 Å². The minimum absolute atomic E-state index is 0.156. The molecule has 0 radical (unpaired) electrons. The van der Waals surface area contributed by atoms with Crippen molar-refractivity contribution in [1.29, 1.82) is 0 Å². The molecule has 0 bridgehead atoms. The highest BCUT2D eigenvalue weighted by Crippen LogP contribution is 2.31. The summed E-state index contributed by atoms with van der Waals surface area (Å²) in [6, 6.07) is 13.5. The number of benzene rings is 2. The van der Waals surface area contributed by atoms with E-state index in [0.717, 1.165) is 37.3 Å². The Hall–Kier alpha value is -2.70. The van der Waals surface area contributed by atoms with Gasteiger partial charge >= 0.3 is 0 Å². The van der Waals surface area contributed by atoms with Gasteiger partial charge in [-0.25, -0.2) is 9.07 Å². The molecule has 2 aromatic carbocycles. The number of hydrogen-bond donors (Lipinski definition) is 2. The molecule has 1 saturated heterocycles. The fourth-order valence-electron chi connectivity index (χ4n) is 3.56. The quantitative estimate of drug-likeness (QED) is 0.685. The Bertz CT molecular complexity index is 980. The lowest BCUT2D eigenvalue weighted by atomic mass is 9.91. The summed E-state index contributed by atoms with van der Waals surface area (Å²) < 4.78 is 15.8. The Morgan fingerprint density at radius 2 is 1.86 bits per heavy atom. The molecule has 3 aromatic rings. The summed E-state index contributed by atoms with van der Waals surface area (Å²) in [4.78, 5) is 13.0. The Morgan fingerprint density at radius 1 is 1.14 bits per heavy atom. The summed E-state index contributed by atoms with van der Waals surface area (Å²) in [5.74, 6) is -0.649. The minimum Gasteiger partial charge on any atom is -0.319 e. The van der Waals surface area contributed by atoms with Crippen LogP contribution in [0.3, 0.4) is 0 Å². The van der Waals surface area contributed by atoms with Gasteiger partial charge in [0, 0.05) is 10.9 Å². The van der Waals surface area contributed by atoms with Gasteiger partial charge in [0.15, 0.2) is 0 Å². The summed E-state index contributed by atoms with van der Waals surface area (Å²) in [6.45, 7) is 1.76. The number of piperidine rings is 1. The van der Waals surface area contributed by atoms with Crippen LogP contribution in [0.5, 0.6) is 0 Å². The third kappa shape index (κ3) is 3.79. The van der Waals surface area contributed by atoms with E-state index >= 15 is 0 Å². The average molecular weight is 399 g/mol. The van der Waals surface area contributed by atoms with Crippen molar-refractivity contribution in [2.24, 2.45) is 0 Å². The number of carbonyl (C=O) groups is 1. The van der Waals surface area contributed by atoms with Gasteiger partial charge in [-0.1, -0.05) is 23.7 Å². The standard InChI is InChI=1S/C21H20ClFN4O/c22-15-5-7-16(8-6-15)27-20(14-9-11-24-12-10-14)17(13-25-27)21(28)26-19-4-2-1-3-18(19)23/h1-8,13-14,24H,9-12H2,(H,26,28). The van der Waals surface area contributed by atoms with E-state index in [-0.39, 0.29) is 17.5 Å². The van der Waals surface area contributed by atoms with Crippen LogP contribution in [-0.2, 0) is 0 Å². The maximum Gasteiger partial charge on any atom is 0.259 e. The van der Waals surface area contributed by atoms with Crippen LogP contribution >= 0.6 is 11.6 Å². The molecule has 0 saturated carbocycles. The zero-order chi connectivity index (χ0) is 19.5. The number of para-hydroxylation sites is 1. The van der Waals surface area contributed by atoms with Crippen molar-refractivity contribution in [1.82, 2.24) is 15.1 Å². The molecule has 0 aliphatic carbocycles. The van der Waals surface area contributed by atoms with E-state index in [9.17, 15) is 9.18 Å². The highest BCUT2D eigenvalue weighted by Gasteiger charge is 2.27. The number of anilines is 1. The van der Waals surface area contributed by atoms with E-state index in [0.29, 0.717) is 10.6 Å². The van der Waals surface area contributed by atoms with E-state index in [1.807, 2.05) is 12.1 Å². The Morgan fingerprint density at radius 3 is 2.57 bits per heavy atom. The number of hydrogen-bond acceptors (Lipinski definition) is 3. The van der Waals surface area contributed by atoms with Gasteiger partial charge in [0.05, 0.1) is 28.8 Å². The summed E-state index contributed by atoms with van der Waals surface area (Å²) in [6.07, 6.45) is 3.36. The van der Waals surface area contributed by atoms with Crippen LogP contribution in [0.1, 0.15) is 34.8 Å². The second-order valence-corrected chi connectivity index (χ2v) is 7.23. The van der Waals surface area contributed by atoms with Gasteiger partial charge in [0.1, 0.15) is 5.82 Å². The van der Waals surface area contributed by atoms with Crippen molar-refractivity contribution in [3.63, 3.8) is 0 Å². The van der Waals surface area contributed by atoms with Gasteiger partial charge in [-0.15, -0.1) is 0 Å². The number of aromatic nitrogens is 2. The highest BCUT2D eigenvalue weighted by atomic mass is 35.5. The number of nitrogens with one attached hydrogen (secondary N) is 2. The molecule has 4 rings (SSSR count). The topological polar surface area (TPSA) is 59.0 Å². The molecule has 28 heavy (non-hydrogen) atoms. The van der Waals surface area contributed by atoms with Gasteiger partial charge in [0.2, 0.25) is 0 Å². The van der Waals surface area contributed by atoms with Gasteiger partial charge in [-0.05, 0) is 62.3 Å². The molecular weight excluding hydrogens is 379 g/mol. The normalized spacial score (nSPS) is 14.8. The summed E-state index contributed by atoms with van der Waals surface area (Å²) >= 11 is 6.01. The number of halogens is 2. The number of carbonyl (C=O) groups excluding carboxylic acids is 1. The van der Waals surface area contributed by atoms with E-state index in [1.54, 1.807) is 41.2 Å². The Balaban J connectivity index is 1.73. The molecule has 1 aliphatic heterocycles. The first-order valence-electron chi connectivity index (χ1n) is 9.24. The number of amides is 1. The minimum atomic E-state index is -0.468. The first kappa shape index (κ1) is 18.7. The van der Waals surface area contributed by atoms with E-state index in [2.05, 4.69) is 15.7 Å². The molecule has 1 fully saturated rings. The van der Waals surface area contributed by atoms with E-state index < -0.39 is 5.82 Å². The van der Waals surface area contributed by atoms with Crippen molar-refractivity contribution in [3.05, 3.63) is 76.8 Å². The van der Waals surface area contributed by atoms with E-state index in [1.165, 1.54) is 6.07 Å². The largest absolute Gasteiger partial charge is 0.319 e. The molecule has 0 unspecified atom stereocenters. The van der Waals surface area contributed by atoms with Crippen molar-refractivity contribution >= 4 is 23.2 Å². The molecule has 1 aromatic heterocycles. The first-order chi connectivity index (χ1) is 13.6. The Labute approximate surface area is 167 Å². The fraction of sp³-hybridized carbons (Fsp3) is 0.238. The lowest BCUT2D eigenvalue weighted by molar-refractivity contribution is 0.102. The molecule has 7 heteroatoms. The predicted octanol–water partition coefficient (Wildman–Crippen LogP) is 4.38. The van der Waals surface area contributed by atoms with Crippen molar-refractivity contribution in [2.75, 3.05) is 18.4 Å². The summed E-state index contributed by atoms with van der Waals surface area (Å²) in [7, 11) is 0. The summed E-state index contributed by atoms with van der Waals surface area (Å²) in [5, 5.41) is 11.1. The monoisotopic (exact) mass is 398 g/mol. The molecular formula is C21H20ClFN4O. The maximum atomic E-state index is 14.0. The number of rotatable bonds is 4. The van der Waals surface area contributed by atoms with Crippen LogP contribution in [-0.4, -0.2) is 28.8 Å². The lowest BCUT2D eigenvalue weighted by Crippen LogP contribution is -2.29. The Kier molecular flexibility index (Phi) is 5.41. The first-order valence-corrected chi connectivity index (χ1v) is 9.62. The van der Waals surface area contributed by atoms with Gasteiger partial charge in [-0.3, -0.25) is 4.79 Å². The van der Waals surface area contributed by atoms with Gasteiger partial charge in [-0.2, -0.15) is 5.10 Å². The molecule has 5 nitrogen and oxygen atoms in total. The number of nitrogens with zero attached hydrogens (tertiary/aromatic N) is 2. The summed E-state index contributed by atoms with van der Waals surface area (Å²) in [5.41, 5.74) is 2.30. The molecule has 2 heterocycles. The second-order valence-electron chi connectivity index (χ2n) is 6.79. The molecule has 0 atom stereocenters. The highest BCUT2D eigenvalue weighted by molar-refractivity contribution is 6.30. The fourth-order valence-corrected chi connectivity index (χ4v) is 3.69. The van der Waals surface area contributed by atoms with Crippen LogP contribution in [0.15, 0.2) is 54.7 Å². The van der Waals surface area contributed by atoms with Crippen molar-refractivity contribution in [3.8, 4) is 5.69 Å². The zero-order valence-corrected chi connectivity index (χ0v) is 15.9. The molecule has 2 N–H and O–H groups in total. The molecule has 144 valence electrons. The predicted molar refractivity (Wildman–Crippen MR) is 108 cm³/mol. The SMILES string of the molecule is O=C(Nc1ccccc1F)c1cnn(-c2ccc(Cl)cc2)c1C1CCNCC1. The maximum absolute atomic E-state index is 14.0. The molecule has 1 amide bonds. The van der Waals surface area contributed by atoms with Crippen LogP contribution in [0.4, 0.5) is 10.1 Å². The van der Waals surface area contributed by atoms with Crippen LogP contribution in [0.25, 0.3) is 5.69 Å². The molecule has 1 aliphatic rings. The zero-order valence-electron chi connectivity index (χ0n) is 15.2. The van der Waals surface area contributed by atoms with Crippen molar-refractivity contribution in [2.45, 2.75) is 18.8 Å². The van der Waals surface area contributed by atoms with Crippen LogP contribution < -0.4 is 10.6 Å². The van der Waals surface area contributed by atoms with Gasteiger partial charge in [0.25, 0.3) is 5.91 Å². The van der Waals surface area contributed by atoms with Gasteiger partial charge < -0.3 is 10.6 Å². The smallest absolute Gasteiger partial charge is 0.259 e. The van der Waals surface area contributed by atoms with E-state index in [4.69, 9.17) is 11.6 Å². The molecule has 0 spiro atoms.